The van der Waals surface area contributed by atoms with Gasteiger partial charge in [0.2, 0.25) is 0 Å². The molecule has 4 aromatic rings. The predicted molar refractivity (Wildman–Crippen MR) is 111 cm³/mol. The molecule has 0 saturated heterocycles. The van der Waals surface area contributed by atoms with Crippen molar-refractivity contribution in [2.45, 2.75) is 13.0 Å². The first-order valence-corrected chi connectivity index (χ1v) is 8.96. The smallest absolute Gasteiger partial charge is 0.269 e. The Morgan fingerprint density at radius 2 is 2.03 bits per heavy atom. The van der Waals surface area contributed by atoms with Gasteiger partial charge in [0.15, 0.2) is 17.5 Å². The number of H-pyrrole nitrogens is 1. The number of benzene rings is 1. The van der Waals surface area contributed by atoms with Crippen LogP contribution in [0.25, 0.3) is 22.4 Å². The Morgan fingerprint density at radius 3 is 2.76 bits per heavy atom. The molecule has 2 N–H and O–H groups in total. The lowest BCUT2D eigenvalue weighted by Gasteiger charge is -2.15. The molecular formula is C19H18ClFN6O2. The number of aromatic amines is 1. The maximum absolute atomic E-state index is 14.3. The van der Waals surface area contributed by atoms with E-state index in [2.05, 4.69) is 25.3 Å². The molecule has 0 unspecified atom stereocenters. The van der Waals surface area contributed by atoms with Gasteiger partial charge in [0, 0.05) is 38.3 Å². The van der Waals surface area contributed by atoms with Gasteiger partial charge in [0.25, 0.3) is 5.69 Å². The molecule has 0 aliphatic carbocycles. The summed E-state index contributed by atoms with van der Waals surface area (Å²) in [5, 5.41) is 15.0. The molecule has 3 heterocycles. The van der Waals surface area contributed by atoms with Crippen LogP contribution >= 0.6 is 11.6 Å². The lowest BCUT2D eigenvalue weighted by molar-refractivity contribution is -0.384. The minimum atomic E-state index is -0.612. The van der Waals surface area contributed by atoms with Crippen molar-refractivity contribution in [2.24, 2.45) is 0 Å². The van der Waals surface area contributed by atoms with Gasteiger partial charge in [-0.15, -0.1) is 0 Å². The van der Waals surface area contributed by atoms with Gasteiger partial charge in [-0.1, -0.05) is 23.7 Å². The Kier molecular flexibility index (Phi) is 4.81. The number of nitro benzene ring substituents is 1. The zero-order chi connectivity index (χ0) is 20.5. The van der Waals surface area contributed by atoms with Crippen molar-refractivity contribution >= 4 is 34.1 Å². The van der Waals surface area contributed by atoms with E-state index in [0.717, 1.165) is 17.1 Å². The van der Waals surface area contributed by atoms with Crippen molar-refractivity contribution in [1.82, 2.24) is 19.9 Å². The number of hydrogen-bond acceptors (Lipinski definition) is 6. The summed E-state index contributed by atoms with van der Waals surface area (Å²) in [5.74, 6) is -0.288. The van der Waals surface area contributed by atoms with E-state index in [1.165, 1.54) is 18.3 Å². The molecule has 3 aromatic heterocycles. The third kappa shape index (κ3) is 3.72. The number of rotatable bonds is 5. The minimum absolute atomic E-state index is 0. The molecule has 0 fully saturated rings. The van der Waals surface area contributed by atoms with Gasteiger partial charge in [-0.3, -0.25) is 10.1 Å². The number of fused-ring (bicyclic) bond motifs is 1. The van der Waals surface area contributed by atoms with Crippen molar-refractivity contribution in [2.75, 3.05) is 5.32 Å². The summed E-state index contributed by atoms with van der Waals surface area (Å²) in [5.41, 5.74) is 1.99. The normalized spacial score (nSPS) is 12.1. The van der Waals surface area contributed by atoms with Gasteiger partial charge in [-0.05, 0) is 18.6 Å². The summed E-state index contributed by atoms with van der Waals surface area (Å²) in [4.78, 5) is 25.9. The standard InChI is InChI=1S/C19H14ClFN6O2.2H2/c1-10(11-2-4-13(5-3-11)27(28)29)25-19-16(21)9-24-18(26-19)15-8-23-17-14(15)6-12(20)7-22-17;;/h2-10H,1H3,(H,22,23)(H,24,25,26);2*1H/t10-;;/m1../s1. The summed E-state index contributed by atoms with van der Waals surface area (Å²) >= 11 is 6.03. The second-order valence-corrected chi connectivity index (χ2v) is 6.79. The summed E-state index contributed by atoms with van der Waals surface area (Å²) in [7, 11) is 0. The molecule has 10 heteroatoms. The highest BCUT2D eigenvalue weighted by atomic mass is 35.5. The van der Waals surface area contributed by atoms with Crippen LogP contribution in [0.15, 0.2) is 48.9 Å². The summed E-state index contributed by atoms with van der Waals surface area (Å²) < 4.78 is 14.3. The number of anilines is 1. The van der Waals surface area contributed by atoms with E-state index in [1.54, 1.807) is 31.3 Å². The average molecular weight is 417 g/mol. The van der Waals surface area contributed by atoms with Crippen LogP contribution in [-0.4, -0.2) is 24.9 Å². The van der Waals surface area contributed by atoms with Crippen LogP contribution in [0.5, 0.6) is 0 Å². The first-order chi connectivity index (χ1) is 13.9. The van der Waals surface area contributed by atoms with Gasteiger partial charge in [0.05, 0.1) is 22.2 Å². The number of aromatic nitrogens is 4. The molecule has 0 bridgehead atoms. The van der Waals surface area contributed by atoms with Crippen LogP contribution in [-0.2, 0) is 0 Å². The fourth-order valence-corrected chi connectivity index (χ4v) is 3.09. The minimum Gasteiger partial charge on any atom is -0.361 e. The van der Waals surface area contributed by atoms with Crippen LogP contribution < -0.4 is 5.32 Å². The third-order valence-electron chi connectivity index (χ3n) is 4.44. The topological polar surface area (TPSA) is 110 Å². The molecule has 29 heavy (non-hydrogen) atoms. The fourth-order valence-electron chi connectivity index (χ4n) is 2.93. The quantitative estimate of drug-likeness (QED) is 0.333. The number of hydrogen-bond donors (Lipinski definition) is 2. The number of halogens is 2. The van der Waals surface area contributed by atoms with Crippen molar-refractivity contribution in [1.29, 1.82) is 0 Å². The van der Waals surface area contributed by atoms with Gasteiger partial charge in [0.1, 0.15) is 5.65 Å². The van der Waals surface area contributed by atoms with Crippen molar-refractivity contribution in [3.05, 3.63) is 75.4 Å². The predicted octanol–water partition coefficient (Wildman–Crippen LogP) is 5.39. The van der Waals surface area contributed by atoms with Gasteiger partial charge < -0.3 is 10.3 Å². The largest absolute Gasteiger partial charge is 0.361 e. The first-order valence-electron chi connectivity index (χ1n) is 8.59. The molecule has 1 atom stereocenters. The maximum atomic E-state index is 14.3. The highest BCUT2D eigenvalue weighted by Gasteiger charge is 2.16. The molecule has 0 saturated carbocycles. The lowest BCUT2D eigenvalue weighted by Crippen LogP contribution is -2.10. The van der Waals surface area contributed by atoms with E-state index in [1.807, 2.05) is 0 Å². The molecule has 0 radical (unpaired) electrons. The second-order valence-electron chi connectivity index (χ2n) is 6.36. The molecule has 8 nitrogen and oxygen atoms in total. The third-order valence-corrected chi connectivity index (χ3v) is 4.65. The van der Waals surface area contributed by atoms with Gasteiger partial charge >= 0.3 is 0 Å². The summed E-state index contributed by atoms with van der Waals surface area (Å²) in [6.07, 6.45) is 4.29. The Balaban J connectivity index is 0.00000171. The zero-order valence-corrected chi connectivity index (χ0v) is 15.8. The van der Waals surface area contributed by atoms with Crippen LogP contribution in [0.1, 0.15) is 21.4 Å². The molecule has 0 amide bonds. The van der Waals surface area contributed by atoms with Crippen molar-refractivity contribution < 1.29 is 12.2 Å². The summed E-state index contributed by atoms with van der Waals surface area (Å²) in [6, 6.07) is 7.42. The second kappa shape index (κ2) is 7.44. The number of nitrogens with zero attached hydrogens (tertiary/aromatic N) is 4. The molecule has 0 spiro atoms. The van der Waals surface area contributed by atoms with Gasteiger partial charge in [-0.2, -0.15) is 0 Å². The maximum Gasteiger partial charge on any atom is 0.269 e. The van der Waals surface area contributed by atoms with Crippen LogP contribution in [0, 0.1) is 15.9 Å². The SMILES string of the molecule is C[C@@H](Nc1nc(-c2c[nH]c3ncc(Cl)cc23)ncc1F)c1ccc([N+](=O)[O-])cc1.[HH].[HH]. The molecular weight excluding hydrogens is 399 g/mol. The Bertz CT molecular complexity index is 1220. The molecule has 150 valence electrons. The molecule has 0 aliphatic heterocycles. The van der Waals surface area contributed by atoms with Crippen LogP contribution in [0.3, 0.4) is 0 Å². The molecule has 4 rings (SSSR count). The van der Waals surface area contributed by atoms with Crippen LogP contribution in [0.2, 0.25) is 5.02 Å². The van der Waals surface area contributed by atoms with Crippen molar-refractivity contribution in [3.8, 4) is 11.4 Å². The Labute approximate surface area is 171 Å². The summed E-state index contributed by atoms with van der Waals surface area (Å²) in [6.45, 7) is 1.80. The van der Waals surface area contributed by atoms with E-state index in [4.69, 9.17) is 11.6 Å². The zero-order valence-electron chi connectivity index (χ0n) is 15.1. The average Bonchev–Trinajstić information content (AvgIpc) is 3.12. The Hall–Kier alpha value is -3.59. The number of non-ortho nitro benzene ring substituents is 1. The monoisotopic (exact) mass is 416 g/mol. The Morgan fingerprint density at radius 1 is 1.28 bits per heavy atom. The van der Waals surface area contributed by atoms with E-state index >= 15 is 0 Å². The van der Waals surface area contributed by atoms with E-state index in [0.29, 0.717) is 22.1 Å². The number of pyridine rings is 1. The van der Waals surface area contributed by atoms with E-state index in [-0.39, 0.29) is 20.4 Å². The van der Waals surface area contributed by atoms with E-state index in [9.17, 15) is 14.5 Å². The van der Waals surface area contributed by atoms with Crippen LogP contribution in [0.4, 0.5) is 15.9 Å². The lowest BCUT2D eigenvalue weighted by atomic mass is 10.1. The number of nitrogens with one attached hydrogen (secondary N) is 2. The molecule has 0 aliphatic rings. The van der Waals surface area contributed by atoms with Gasteiger partial charge in [-0.25, -0.2) is 19.3 Å². The molecule has 1 aromatic carbocycles. The first kappa shape index (κ1) is 18.8. The highest BCUT2D eigenvalue weighted by Crippen LogP contribution is 2.29. The van der Waals surface area contributed by atoms with E-state index < -0.39 is 10.7 Å². The van der Waals surface area contributed by atoms with Crippen molar-refractivity contribution in [3.63, 3.8) is 0 Å². The highest BCUT2D eigenvalue weighted by molar-refractivity contribution is 6.31. The fraction of sp³-hybridized carbons (Fsp3) is 0.105. The number of nitro groups is 1.